The Morgan fingerprint density at radius 2 is 1.92 bits per heavy atom. The number of methoxy groups -OCH3 is 1. The van der Waals surface area contributed by atoms with Crippen LogP contribution >= 0.6 is 0 Å². The minimum Gasteiger partial charge on any atom is -0.414 e. The summed E-state index contributed by atoms with van der Waals surface area (Å²) in [5.74, 6) is 0.193. The van der Waals surface area contributed by atoms with E-state index in [9.17, 15) is 0 Å². The molecule has 1 fully saturated rings. The summed E-state index contributed by atoms with van der Waals surface area (Å²) in [5, 5.41) is 0.205. The fourth-order valence-electron chi connectivity index (χ4n) is 2.09. The topological polar surface area (TPSA) is 49.5 Å². The van der Waals surface area contributed by atoms with Gasteiger partial charge < -0.3 is 23.4 Å². The first-order valence-corrected chi connectivity index (χ1v) is 11.6. The third-order valence-corrected chi connectivity index (χ3v) is 9.53. The largest absolute Gasteiger partial charge is 0.414 e. The van der Waals surface area contributed by atoms with Crippen molar-refractivity contribution in [3.05, 3.63) is 12.7 Å². The Labute approximate surface area is 148 Å². The van der Waals surface area contributed by atoms with E-state index in [1.165, 1.54) is 0 Å². The molecule has 0 amide bonds. The zero-order valence-corrected chi connectivity index (χ0v) is 17.5. The van der Waals surface area contributed by atoms with Gasteiger partial charge in [0.25, 0.3) is 0 Å². The van der Waals surface area contributed by atoms with Crippen LogP contribution in [0.25, 0.3) is 0 Å². The highest BCUT2D eigenvalue weighted by atomic mass is 28.4. The van der Waals surface area contributed by atoms with Crippen molar-refractivity contribution < 1.29 is 23.4 Å². The zero-order chi connectivity index (χ0) is 18.4. The summed E-state index contributed by atoms with van der Waals surface area (Å²) in [4.78, 5) is 0. The lowest BCUT2D eigenvalue weighted by Crippen LogP contribution is -2.42. The molecular weight excluding hydrogens is 324 g/mol. The summed E-state index contributed by atoms with van der Waals surface area (Å²) in [5.41, 5.74) is 0. The van der Waals surface area contributed by atoms with E-state index < -0.39 is 8.32 Å². The fraction of sp³-hybridized carbons (Fsp3) is 0.889. The fourth-order valence-corrected chi connectivity index (χ4v) is 3.11. The maximum absolute atomic E-state index is 6.25. The minimum atomic E-state index is -1.75. The highest BCUT2D eigenvalue weighted by Gasteiger charge is 2.49. The number of ether oxygens (including phenoxy) is 4. The van der Waals surface area contributed by atoms with Crippen molar-refractivity contribution >= 4 is 8.32 Å². The summed E-state index contributed by atoms with van der Waals surface area (Å²) in [6.07, 6.45) is 1.99. The van der Waals surface area contributed by atoms with Crippen LogP contribution in [0.15, 0.2) is 12.7 Å². The third kappa shape index (κ3) is 6.58. The van der Waals surface area contributed by atoms with Crippen molar-refractivity contribution in [3.63, 3.8) is 0 Å². The number of hydrogen-bond donors (Lipinski definition) is 0. The van der Waals surface area contributed by atoms with Crippen LogP contribution in [0.5, 0.6) is 0 Å². The molecule has 1 saturated heterocycles. The number of hydrogen-bond acceptors (Lipinski definition) is 5. The Bertz CT molecular complexity index is 380. The smallest absolute Gasteiger partial charge is 0.192 e. The average Bonchev–Trinajstić information content (AvgIpc) is 3.26. The van der Waals surface area contributed by atoms with Crippen LogP contribution in [0.2, 0.25) is 18.1 Å². The first kappa shape index (κ1) is 21.8. The minimum absolute atomic E-state index is 0.0498. The molecule has 0 aliphatic carbocycles. The van der Waals surface area contributed by atoms with E-state index in [2.05, 4.69) is 47.4 Å². The monoisotopic (exact) mass is 360 g/mol. The Balaban J connectivity index is 2.43. The second-order valence-corrected chi connectivity index (χ2v) is 12.8. The van der Waals surface area contributed by atoms with Gasteiger partial charge in [0.1, 0.15) is 19.0 Å². The second kappa shape index (κ2) is 9.45. The summed E-state index contributed by atoms with van der Waals surface area (Å²) in [6, 6.07) is 0. The molecule has 0 unspecified atom stereocenters. The van der Waals surface area contributed by atoms with E-state index in [0.717, 1.165) is 0 Å². The summed E-state index contributed by atoms with van der Waals surface area (Å²) < 4.78 is 28.3. The van der Waals surface area contributed by atoms with Crippen LogP contribution < -0.4 is 0 Å². The normalized spacial score (nSPS) is 23.8. The molecular formula is C18H36O5Si. The van der Waals surface area contributed by atoms with Gasteiger partial charge in [0.05, 0.1) is 25.9 Å². The first-order valence-electron chi connectivity index (χ1n) is 8.74. The number of epoxide rings is 1. The molecule has 1 rings (SSSR count). The Morgan fingerprint density at radius 1 is 1.25 bits per heavy atom. The van der Waals surface area contributed by atoms with Gasteiger partial charge >= 0.3 is 0 Å². The lowest BCUT2D eigenvalue weighted by Gasteiger charge is -2.36. The van der Waals surface area contributed by atoms with Crippen molar-refractivity contribution in [1.82, 2.24) is 0 Å². The molecule has 6 heteroatoms. The van der Waals surface area contributed by atoms with Crippen LogP contribution in [0.4, 0.5) is 0 Å². The maximum atomic E-state index is 6.25. The predicted octanol–water partition coefficient (Wildman–Crippen LogP) is 3.60. The van der Waals surface area contributed by atoms with Gasteiger partial charge in [-0.05, 0) is 18.1 Å². The molecule has 0 N–H and O–H groups in total. The SMILES string of the molecule is C=C[C@@H](C)[C@H](OCOCCOC)[C@@H]1O[C@@H]1CO[Si](C)(C)C(C)(C)C. The van der Waals surface area contributed by atoms with Crippen molar-refractivity contribution in [1.29, 1.82) is 0 Å². The van der Waals surface area contributed by atoms with Gasteiger partial charge in [-0.2, -0.15) is 0 Å². The molecule has 1 aliphatic heterocycles. The molecule has 0 aromatic rings. The van der Waals surface area contributed by atoms with Gasteiger partial charge in [-0.15, -0.1) is 6.58 Å². The summed E-state index contributed by atoms with van der Waals surface area (Å²) in [6.45, 7) is 19.2. The van der Waals surface area contributed by atoms with Crippen molar-refractivity contribution in [3.8, 4) is 0 Å². The summed E-state index contributed by atoms with van der Waals surface area (Å²) in [7, 11) is -0.0968. The molecule has 1 heterocycles. The zero-order valence-electron chi connectivity index (χ0n) is 16.5. The third-order valence-electron chi connectivity index (χ3n) is 5.03. The van der Waals surface area contributed by atoms with Crippen LogP contribution in [0.1, 0.15) is 27.7 Å². The van der Waals surface area contributed by atoms with Crippen LogP contribution in [-0.4, -0.2) is 60.4 Å². The number of rotatable bonds is 12. The lowest BCUT2D eigenvalue weighted by atomic mass is 10.0. The molecule has 24 heavy (non-hydrogen) atoms. The molecule has 0 radical (unpaired) electrons. The molecule has 1 aliphatic rings. The van der Waals surface area contributed by atoms with Gasteiger partial charge in [-0.3, -0.25) is 0 Å². The Morgan fingerprint density at radius 3 is 2.46 bits per heavy atom. The first-order chi connectivity index (χ1) is 11.1. The van der Waals surface area contributed by atoms with E-state index in [-0.39, 0.29) is 36.1 Å². The van der Waals surface area contributed by atoms with Crippen LogP contribution in [0, 0.1) is 5.92 Å². The Hall–Kier alpha value is -0.243. The molecule has 0 saturated carbocycles. The maximum Gasteiger partial charge on any atom is 0.192 e. The highest BCUT2D eigenvalue weighted by Crippen LogP contribution is 2.38. The molecule has 0 aromatic heterocycles. The van der Waals surface area contributed by atoms with E-state index in [1.807, 2.05) is 6.08 Å². The molecule has 0 bridgehead atoms. The molecule has 5 nitrogen and oxygen atoms in total. The van der Waals surface area contributed by atoms with E-state index in [4.69, 9.17) is 23.4 Å². The van der Waals surface area contributed by atoms with Gasteiger partial charge in [0.15, 0.2) is 8.32 Å². The Kier molecular flexibility index (Phi) is 8.59. The molecule has 4 atom stereocenters. The van der Waals surface area contributed by atoms with Gasteiger partial charge in [-0.25, -0.2) is 0 Å². The van der Waals surface area contributed by atoms with Gasteiger partial charge in [0.2, 0.25) is 0 Å². The summed E-state index contributed by atoms with van der Waals surface area (Å²) >= 11 is 0. The molecule has 142 valence electrons. The second-order valence-electron chi connectivity index (χ2n) is 7.96. The van der Waals surface area contributed by atoms with E-state index >= 15 is 0 Å². The lowest BCUT2D eigenvalue weighted by molar-refractivity contribution is -0.113. The van der Waals surface area contributed by atoms with Gasteiger partial charge in [-0.1, -0.05) is 33.8 Å². The standard InChI is InChI=1S/C18H36O5Si/c1-9-14(2)16(21-13-20-11-10-19-6)17-15(23-17)12-22-24(7,8)18(3,4)5/h9,14-17H,1,10-13H2,2-8H3/t14-,15-,16+,17-/m1/s1. The molecule has 0 spiro atoms. The average molecular weight is 361 g/mol. The van der Waals surface area contributed by atoms with Crippen molar-refractivity contribution in [2.24, 2.45) is 5.92 Å². The van der Waals surface area contributed by atoms with Crippen molar-refractivity contribution in [2.75, 3.05) is 33.7 Å². The quantitative estimate of drug-likeness (QED) is 0.175. The van der Waals surface area contributed by atoms with Crippen molar-refractivity contribution in [2.45, 2.75) is 64.1 Å². The highest BCUT2D eigenvalue weighted by molar-refractivity contribution is 6.74. The van der Waals surface area contributed by atoms with E-state index in [0.29, 0.717) is 19.8 Å². The van der Waals surface area contributed by atoms with E-state index in [1.54, 1.807) is 7.11 Å². The molecule has 0 aromatic carbocycles. The van der Waals surface area contributed by atoms with Crippen LogP contribution in [-0.2, 0) is 23.4 Å². The van der Waals surface area contributed by atoms with Gasteiger partial charge in [0, 0.05) is 13.0 Å². The predicted molar refractivity (Wildman–Crippen MR) is 98.7 cm³/mol. The van der Waals surface area contributed by atoms with Crippen LogP contribution in [0.3, 0.4) is 0 Å².